The molecule has 0 saturated heterocycles. The van der Waals surface area contributed by atoms with Gasteiger partial charge in [-0.25, -0.2) is 4.98 Å². The van der Waals surface area contributed by atoms with Crippen LogP contribution in [0.3, 0.4) is 0 Å². The van der Waals surface area contributed by atoms with Crippen LogP contribution in [0.5, 0.6) is 0 Å². The molecule has 0 aliphatic heterocycles. The molecule has 0 aromatic carbocycles. The molecule has 2 rings (SSSR count). The summed E-state index contributed by atoms with van der Waals surface area (Å²) in [5, 5.41) is 2.92. The van der Waals surface area contributed by atoms with Gasteiger partial charge in [-0.1, -0.05) is 12.5 Å². The molecule has 0 amide bonds. The Morgan fingerprint density at radius 1 is 1.61 bits per heavy atom. The summed E-state index contributed by atoms with van der Waals surface area (Å²) in [6, 6.07) is 5.53. The largest absolute Gasteiger partial charge is 0.370 e. The lowest BCUT2D eigenvalue weighted by Crippen LogP contribution is -2.45. The monoisotopic (exact) mass is 266 g/mol. The Labute approximate surface area is 109 Å². The van der Waals surface area contributed by atoms with Gasteiger partial charge in [-0.05, 0) is 25.0 Å². The van der Waals surface area contributed by atoms with Gasteiger partial charge < -0.3 is 11.1 Å². The van der Waals surface area contributed by atoms with Gasteiger partial charge >= 0.3 is 0 Å². The number of hydrogen-bond donors (Lipinski definition) is 2. The number of aromatic nitrogens is 1. The summed E-state index contributed by atoms with van der Waals surface area (Å²) in [7, 11) is -0.851. The van der Waals surface area contributed by atoms with Crippen molar-refractivity contribution in [1.29, 1.82) is 0 Å². The third-order valence-electron chi connectivity index (χ3n) is 3.33. The highest BCUT2D eigenvalue weighted by Crippen LogP contribution is 2.37. The molecule has 1 fully saturated rings. The molecule has 3 N–H and O–H groups in total. The molecule has 1 aliphatic rings. The van der Waals surface area contributed by atoms with Crippen LogP contribution >= 0.6 is 0 Å². The minimum absolute atomic E-state index is 0.156. The zero-order valence-corrected chi connectivity index (χ0v) is 11.2. The summed E-state index contributed by atoms with van der Waals surface area (Å²) in [4.78, 5) is 8.39. The summed E-state index contributed by atoms with van der Waals surface area (Å²) < 4.78 is 11.5. The third kappa shape index (κ3) is 2.87. The molecular weight excluding hydrogens is 248 g/mol. The predicted octanol–water partition coefficient (Wildman–Crippen LogP) is 1.11. The van der Waals surface area contributed by atoms with E-state index in [9.17, 15) is 4.21 Å². The van der Waals surface area contributed by atoms with Crippen LogP contribution in [0.25, 0.3) is 0 Å². The lowest BCUT2D eigenvalue weighted by Gasteiger charge is -2.38. The number of guanidine groups is 1. The van der Waals surface area contributed by atoms with Crippen molar-refractivity contribution in [2.24, 2.45) is 10.7 Å². The van der Waals surface area contributed by atoms with Gasteiger partial charge in [0.25, 0.3) is 0 Å². The molecule has 1 unspecified atom stereocenters. The quantitative estimate of drug-likeness (QED) is 0.632. The standard InChI is InChI=1S/C12H18N4OS/c1-18(17)12(6-4-7-12)9-15-11(13)16-10-5-2-3-8-14-10/h2-3,5,8H,4,6-7,9H2,1H3,(H3,13,14,15,16). The summed E-state index contributed by atoms with van der Waals surface area (Å²) in [6.45, 7) is 0.516. The first-order chi connectivity index (χ1) is 8.62. The highest BCUT2D eigenvalue weighted by atomic mass is 32.2. The Hall–Kier alpha value is -1.43. The number of nitrogens with two attached hydrogens (primary N) is 1. The molecule has 1 aromatic rings. The number of aliphatic imine (C=N–C) groups is 1. The van der Waals surface area contributed by atoms with Crippen molar-refractivity contribution in [2.45, 2.75) is 24.0 Å². The average Bonchev–Trinajstić information content (AvgIpc) is 2.28. The minimum atomic E-state index is -0.851. The Morgan fingerprint density at radius 2 is 2.39 bits per heavy atom. The smallest absolute Gasteiger partial charge is 0.194 e. The van der Waals surface area contributed by atoms with E-state index in [4.69, 9.17) is 5.73 Å². The maximum Gasteiger partial charge on any atom is 0.194 e. The Kier molecular flexibility index (Phi) is 3.96. The molecule has 0 spiro atoms. The molecule has 18 heavy (non-hydrogen) atoms. The van der Waals surface area contributed by atoms with Gasteiger partial charge in [0.1, 0.15) is 5.82 Å². The van der Waals surface area contributed by atoms with Crippen LogP contribution in [0.1, 0.15) is 19.3 Å². The van der Waals surface area contributed by atoms with E-state index in [0.29, 0.717) is 18.3 Å². The minimum Gasteiger partial charge on any atom is -0.370 e. The predicted molar refractivity (Wildman–Crippen MR) is 75.0 cm³/mol. The third-order valence-corrected chi connectivity index (χ3v) is 5.09. The van der Waals surface area contributed by atoms with E-state index in [1.807, 2.05) is 18.2 Å². The highest BCUT2D eigenvalue weighted by molar-refractivity contribution is 7.85. The number of hydrogen-bond acceptors (Lipinski definition) is 3. The molecule has 0 radical (unpaired) electrons. The van der Waals surface area contributed by atoms with E-state index in [2.05, 4.69) is 15.3 Å². The van der Waals surface area contributed by atoms with Gasteiger partial charge in [0.15, 0.2) is 5.96 Å². The summed E-state index contributed by atoms with van der Waals surface area (Å²) in [6.07, 6.45) is 6.50. The highest BCUT2D eigenvalue weighted by Gasteiger charge is 2.40. The van der Waals surface area contributed by atoms with E-state index in [0.717, 1.165) is 19.3 Å². The summed E-state index contributed by atoms with van der Waals surface area (Å²) in [5.41, 5.74) is 5.79. The fraction of sp³-hybridized carbons (Fsp3) is 0.500. The second-order valence-corrected chi connectivity index (χ2v) is 6.31. The number of rotatable bonds is 4. The molecular formula is C12H18N4OS. The van der Waals surface area contributed by atoms with Crippen LogP contribution < -0.4 is 11.1 Å². The first kappa shape index (κ1) is 13.0. The van der Waals surface area contributed by atoms with Crippen molar-refractivity contribution in [1.82, 2.24) is 4.98 Å². The zero-order chi connectivity index (χ0) is 13.0. The van der Waals surface area contributed by atoms with E-state index in [1.165, 1.54) is 0 Å². The molecule has 1 atom stereocenters. The average molecular weight is 266 g/mol. The van der Waals surface area contributed by atoms with Gasteiger partial charge in [-0.3, -0.25) is 9.20 Å². The topological polar surface area (TPSA) is 80.4 Å². The van der Waals surface area contributed by atoms with Crippen LogP contribution in [0.4, 0.5) is 5.82 Å². The van der Waals surface area contributed by atoms with Crippen molar-refractivity contribution in [2.75, 3.05) is 18.1 Å². The molecule has 5 nitrogen and oxygen atoms in total. The first-order valence-corrected chi connectivity index (χ1v) is 7.50. The van der Waals surface area contributed by atoms with Gasteiger partial charge in [0.2, 0.25) is 0 Å². The fourth-order valence-electron chi connectivity index (χ4n) is 1.94. The van der Waals surface area contributed by atoms with Crippen molar-refractivity contribution in [3.05, 3.63) is 24.4 Å². The first-order valence-electron chi connectivity index (χ1n) is 5.94. The zero-order valence-electron chi connectivity index (χ0n) is 10.4. The lowest BCUT2D eigenvalue weighted by molar-refractivity contribution is 0.361. The number of nitrogens with zero attached hydrogens (tertiary/aromatic N) is 2. The van der Waals surface area contributed by atoms with Gasteiger partial charge in [-0.15, -0.1) is 0 Å². The van der Waals surface area contributed by atoms with Crippen molar-refractivity contribution < 1.29 is 4.21 Å². The maximum absolute atomic E-state index is 11.7. The fourth-order valence-corrected chi connectivity index (χ4v) is 3.05. The van der Waals surface area contributed by atoms with Crippen LogP contribution in [0.15, 0.2) is 29.4 Å². The summed E-state index contributed by atoms with van der Waals surface area (Å²) >= 11 is 0. The second-order valence-electron chi connectivity index (χ2n) is 4.53. The Morgan fingerprint density at radius 3 is 2.89 bits per heavy atom. The maximum atomic E-state index is 11.7. The Bertz CT molecular complexity index is 456. The number of anilines is 1. The van der Waals surface area contributed by atoms with E-state index in [-0.39, 0.29) is 4.75 Å². The van der Waals surface area contributed by atoms with E-state index in [1.54, 1.807) is 12.5 Å². The summed E-state index contributed by atoms with van der Waals surface area (Å²) in [5.74, 6) is 0.990. The van der Waals surface area contributed by atoms with Gasteiger partial charge in [0.05, 0.1) is 11.3 Å². The van der Waals surface area contributed by atoms with E-state index < -0.39 is 10.8 Å². The Balaban J connectivity index is 1.95. The lowest BCUT2D eigenvalue weighted by atomic mass is 9.84. The van der Waals surface area contributed by atoms with Crippen LogP contribution in [-0.2, 0) is 10.8 Å². The van der Waals surface area contributed by atoms with Gasteiger partial charge in [0, 0.05) is 23.3 Å². The molecule has 1 heterocycles. The normalized spacial score (nSPS) is 19.9. The van der Waals surface area contributed by atoms with Crippen LogP contribution in [0.2, 0.25) is 0 Å². The molecule has 98 valence electrons. The van der Waals surface area contributed by atoms with Gasteiger partial charge in [-0.2, -0.15) is 0 Å². The second kappa shape index (κ2) is 5.48. The molecule has 6 heteroatoms. The number of nitrogens with one attached hydrogen (secondary N) is 1. The SMILES string of the molecule is CS(=O)C1(CN=C(N)Nc2ccccn2)CCC1. The molecule has 1 saturated carbocycles. The number of pyridine rings is 1. The van der Waals surface area contributed by atoms with Crippen molar-refractivity contribution in [3.63, 3.8) is 0 Å². The van der Waals surface area contributed by atoms with Crippen molar-refractivity contribution >= 4 is 22.6 Å². The molecule has 1 aliphatic carbocycles. The van der Waals surface area contributed by atoms with E-state index >= 15 is 0 Å². The van der Waals surface area contributed by atoms with Crippen LogP contribution in [0, 0.1) is 0 Å². The molecule has 1 aromatic heterocycles. The molecule has 0 bridgehead atoms. The van der Waals surface area contributed by atoms with Crippen LogP contribution in [-0.4, -0.2) is 32.7 Å². The van der Waals surface area contributed by atoms with Crippen molar-refractivity contribution in [3.8, 4) is 0 Å².